The van der Waals surface area contributed by atoms with Crippen molar-refractivity contribution in [1.82, 2.24) is 25.0 Å². The first-order chi connectivity index (χ1) is 23.2. The Morgan fingerprint density at radius 3 is 2.52 bits per heavy atom. The number of ether oxygens (including phenoxy) is 2. The number of methoxy groups -OCH3 is 1. The SMILES string of the molecule is COc1ccc([C@H](C(=O)NC2CCCCC2)N(C(=O)Cn2nnc3ccccc32)c2ccc(S(=O)(=O)NC[C@H]3CCCO3)cc2)cc1O. The second-order valence-corrected chi connectivity index (χ2v) is 13.9. The number of para-hydroxylation sites is 1. The van der Waals surface area contributed by atoms with Crippen LogP contribution in [-0.2, 0) is 30.9 Å². The summed E-state index contributed by atoms with van der Waals surface area (Å²) in [7, 11) is -2.46. The van der Waals surface area contributed by atoms with Crippen molar-refractivity contribution < 1.29 is 32.6 Å². The molecule has 2 atom stereocenters. The Morgan fingerprint density at radius 2 is 1.81 bits per heavy atom. The maximum atomic E-state index is 14.4. The third kappa shape index (κ3) is 7.45. The van der Waals surface area contributed by atoms with Crippen LogP contribution in [0.1, 0.15) is 56.6 Å². The Labute approximate surface area is 279 Å². The Balaban J connectivity index is 1.38. The highest BCUT2D eigenvalue weighted by molar-refractivity contribution is 7.89. The van der Waals surface area contributed by atoms with Crippen LogP contribution in [0.3, 0.4) is 0 Å². The molecular weight excluding hydrogens is 636 g/mol. The number of carbonyl (C=O) groups excluding carboxylic acids is 2. The van der Waals surface area contributed by atoms with E-state index in [2.05, 4.69) is 20.4 Å². The molecule has 6 rings (SSSR count). The second kappa shape index (κ2) is 14.7. The van der Waals surface area contributed by atoms with Crippen LogP contribution in [0.15, 0.2) is 71.6 Å². The van der Waals surface area contributed by atoms with Crippen LogP contribution in [0.5, 0.6) is 11.5 Å². The zero-order valence-electron chi connectivity index (χ0n) is 26.7. The molecule has 254 valence electrons. The molecule has 0 bridgehead atoms. The van der Waals surface area contributed by atoms with Gasteiger partial charge in [0.05, 0.1) is 23.6 Å². The molecule has 0 unspecified atom stereocenters. The fourth-order valence-electron chi connectivity index (χ4n) is 6.37. The van der Waals surface area contributed by atoms with Gasteiger partial charge in [0.1, 0.15) is 18.1 Å². The number of hydrogen-bond acceptors (Lipinski definition) is 9. The largest absolute Gasteiger partial charge is 0.504 e. The number of nitrogens with one attached hydrogen (secondary N) is 2. The van der Waals surface area contributed by atoms with Crippen LogP contribution in [0.4, 0.5) is 5.69 Å². The van der Waals surface area contributed by atoms with Gasteiger partial charge in [0.15, 0.2) is 11.5 Å². The van der Waals surface area contributed by atoms with Crippen molar-refractivity contribution >= 4 is 38.6 Å². The molecular formula is C34H40N6O7S. The van der Waals surface area contributed by atoms with E-state index in [1.807, 2.05) is 12.1 Å². The number of hydrogen-bond donors (Lipinski definition) is 3. The van der Waals surface area contributed by atoms with E-state index in [-0.39, 0.29) is 47.3 Å². The molecule has 3 N–H and O–H groups in total. The standard InChI is InChI=1S/C34H40N6O7S/c1-46-31-18-13-23(20-30(31)41)33(34(43)36-24-8-3-2-4-9-24)40(32(42)22-39-29-12-6-5-11-28(29)37-38-39)25-14-16-27(17-15-25)48(44,45)35-21-26-10-7-19-47-26/h5-6,11-18,20,24,26,33,35,41H,2-4,7-10,19,21-22H2,1H3,(H,36,43)/t26-,33-/m1/s1. The van der Waals surface area contributed by atoms with Crippen molar-refractivity contribution in [2.24, 2.45) is 0 Å². The normalized spacial score (nSPS) is 17.6. The van der Waals surface area contributed by atoms with Gasteiger partial charge in [-0.3, -0.25) is 14.5 Å². The molecule has 1 aliphatic carbocycles. The first kappa shape index (κ1) is 33.4. The van der Waals surface area contributed by atoms with E-state index >= 15 is 0 Å². The number of phenolic OH excluding ortho intramolecular Hbond substituents is 1. The molecule has 2 fully saturated rings. The van der Waals surface area contributed by atoms with Gasteiger partial charge in [-0.15, -0.1) is 5.10 Å². The van der Waals surface area contributed by atoms with Gasteiger partial charge in [0.25, 0.3) is 0 Å². The summed E-state index contributed by atoms with van der Waals surface area (Å²) in [6.45, 7) is 0.501. The number of aromatic nitrogens is 3. The molecule has 1 aliphatic heterocycles. The summed E-state index contributed by atoms with van der Waals surface area (Å²) in [6, 6.07) is 16.3. The third-order valence-electron chi connectivity index (χ3n) is 8.90. The monoisotopic (exact) mass is 676 g/mol. The highest BCUT2D eigenvalue weighted by Gasteiger charge is 2.35. The second-order valence-electron chi connectivity index (χ2n) is 12.2. The highest BCUT2D eigenvalue weighted by atomic mass is 32.2. The van der Waals surface area contributed by atoms with E-state index in [1.54, 1.807) is 18.2 Å². The van der Waals surface area contributed by atoms with Crippen molar-refractivity contribution in [1.29, 1.82) is 0 Å². The Kier molecular flexibility index (Phi) is 10.2. The lowest BCUT2D eigenvalue weighted by atomic mass is 9.94. The maximum absolute atomic E-state index is 14.4. The van der Waals surface area contributed by atoms with E-state index in [4.69, 9.17) is 9.47 Å². The number of carbonyl (C=O) groups is 2. The molecule has 1 aromatic heterocycles. The first-order valence-electron chi connectivity index (χ1n) is 16.2. The molecule has 14 heteroatoms. The maximum Gasteiger partial charge on any atom is 0.249 e. The fraction of sp³-hybridized carbons (Fsp3) is 0.412. The van der Waals surface area contributed by atoms with E-state index in [1.165, 1.54) is 53.1 Å². The lowest BCUT2D eigenvalue weighted by Crippen LogP contribution is -2.48. The number of rotatable bonds is 12. The van der Waals surface area contributed by atoms with Crippen LogP contribution < -0.4 is 19.7 Å². The smallest absolute Gasteiger partial charge is 0.249 e. The quantitative estimate of drug-likeness (QED) is 0.202. The van der Waals surface area contributed by atoms with Crippen molar-refractivity contribution in [3.05, 3.63) is 72.3 Å². The number of sulfonamides is 1. The Hall–Kier alpha value is -4.53. The molecule has 48 heavy (non-hydrogen) atoms. The molecule has 2 heterocycles. The van der Waals surface area contributed by atoms with E-state index in [9.17, 15) is 23.1 Å². The molecule has 1 saturated carbocycles. The summed E-state index contributed by atoms with van der Waals surface area (Å²) in [4.78, 5) is 30.0. The van der Waals surface area contributed by atoms with Crippen LogP contribution in [0.25, 0.3) is 11.0 Å². The highest BCUT2D eigenvalue weighted by Crippen LogP contribution is 2.35. The molecule has 0 radical (unpaired) electrons. The molecule has 0 spiro atoms. The van der Waals surface area contributed by atoms with Gasteiger partial charge >= 0.3 is 0 Å². The lowest BCUT2D eigenvalue weighted by Gasteiger charge is -2.33. The van der Waals surface area contributed by atoms with Crippen molar-refractivity contribution in [2.75, 3.05) is 25.2 Å². The van der Waals surface area contributed by atoms with Gasteiger partial charge in [-0.2, -0.15) is 0 Å². The summed E-state index contributed by atoms with van der Waals surface area (Å²) < 4.78 is 41.2. The number of fused-ring (bicyclic) bond motifs is 1. The minimum Gasteiger partial charge on any atom is -0.504 e. The predicted molar refractivity (Wildman–Crippen MR) is 178 cm³/mol. The summed E-state index contributed by atoms with van der Waals surface area (Å²) >= 11 is 0. The third-order valence-corrected chi connectivity index (χ3v) is 10.3. The van der Waals surface area contributed by atoms with Crippen LogP contribution >= 0.6 is 0 Å². The number of benzene rings is 3. The summed E-state index contributed by atoms with van der Waals surface area (Å²) in [5.74, 6) is -0.920. The molecule has 2 amide bonds. The minimum atomic E-state index is -3.88. The fourth-order valence-corrected chi connectivity index (χ4v) is 7.44. The van der Waals surface area contributed by atoms with Gasteiger partial charge in [-0.1, -0.05) is 42.7 Å². The predicted octanol–water partition coefficient (Wildman–Crippen LogP) is 3.83. The van der Waals surface area contributed by atoms with Crippen LogP contribution in [0, 0.1) is 0 Å². The molecule has 13 nitrogen and oxygen atoms in total. The first-order valence-corrected chi connectivity index (χ1v) is 17.7. The van der Waals surface area contributed by atoms with Gasteiger partial charge in [0.2, 0.25) is 21.8 Å². The number of phenols is 1. The topological polar surface area (TPSA) is 165 Å². The van der Waals surface area contributed by atoms with E-state index in [0.717, 1.165) is 44.9 Å². The number of amides is 2. The van der Waals surface area contributed by atoms with Crippen LogP contribution in [0.2, 0.25) is 0 Å². The average molecular weight is 677 g/mol. The zero-order chi connectivity index (χ0) is 33.7. The van der Waals surface area contributed by atoms with Crippen molar-refractivity contribution in [3.63, 3.8) is 0 Å². The van der Waals surface area contributed by atoms with Gasteiger partial charge in [-0.25, -0.2) is 17.8 Å². The molecule has 3 aromatic carbocycles. The summed E-state index contributed by atoms with van der Waals surface area (Å²) in [5, 5.41) is 22.2. The van der Waals surface area contributed by atoms with Gasteiger partial charge < -0.3 is 19.9 Å². The minimum absolute atomic E-state index is 0.00390. The lowest BCUT2D eigenvalue weighted by molar-refractivity contribution is -0.127. The average Bonchev–Trinajstić information content (AvgIpc) is 3.77. The van der Waals surface area contributed by atoms with E-state index < -0.39 is 27.9 Å². The number of anilines is 1. The van der Waals surface area contributed by atoms with Gasteiger partial charge in [-0.05, 0) is 79.8 Å². The Bertz CT molecular complexity index is 1850. The molecule has 1 saturated heterocycles. The zero-order valence-corrected chi connectivity index (χ0v) is 27.6. The summed E-state index contributed by atoms with van der Waals surface area (Å²) in [6.07, 6.45) is 6.19. The molecule has 4 aromatic rings. The molecule has 2 aliphatic rings. The van der Waals surface area contributed by atoms with Gasteiger partial charge in [0, 0.05) is 24.9 Å². The van der Waals surface area contributed by atoms with Crippen LogP contribution in [-0.4, -0.2) is 72.7 Å². The van der Waals surface area contributed by atoms with Crippen molar-refractivity contribution in [3.8, 4) is 11.5 Å². The van der Waals surface area contributed by atoms with E-state index in [0.29, 0.717) is 23.2 Å². The summed E-state index contributed by atoms with van der Waals surface area (Å²) in [5.41, 5.74) is 1.86. The van der Waals surface area contributed by atoms with Crippen molar-refractivity contribution in [2.45, 2.75) is 74.6 Å². The number of aromatic hydroxyl groups is 1. The number of nitrogens with zero attached hydrogens (tertiary/aromatic N) is 4. The Morgan fingerprint density at radius 1 is 1.04 bits per heavy atom.